The number of anilines is 1. The number of hydrogen-bond donors (Lipinski definition) is 2. The molecular formula is C45H51FN2O3. The minimum absolute atomic E-state index is 0.0128. The first-order chi connectivity index (χ1) is 24.6. The summed E-state index contributed by atoms with van der Waals surface area (Å²) in [6, 6.07) is 31.0. The highest BCUT2D eigenvalue weighted by atomic mass is 19.1. The zero-order valence-corrected chi connectivity index (χ0v) is 30.0. The van der Waals surface area contributed by atoms with Gasteiger partial charge in [-0.1, -0.05) is 85.3 Å². The second-order valence-corrected chi connectivity index (χ2v) is 15.5. The number of ketones is 1. The summed E-state index contributed by atoms with van der Waals surface area (Å²) in [5.74, 6) is -0.255. The van der Waals surface area contributed by atoms with Crippen molar-refractivity contribution in [1.29, 1.82) is 0 Å². The molecule has 4 aromatic rings. The summed E-state index contributed by atoms with van der Waals surface area (Å²) in [4.78, 5) is 19.2. The summed E-state index contributed by atoms with van der Waals surface area (Å²) in [5, 5.41) is 23.8. The topological polar surface area (TPSA) is 64.0 Å². The van der Waals surface area contributed by atoms with Crippen LogP contribution in [0.3, 0.4) is 0 Å². The van der Waals surface area contributed by atoms with Gasteiger partial charge in [0.1, 0.15) is 5.82 Å². The first-order valence-corrected chi connectivity index (χ1v) is 18.7. The molecule has 51 heavy (non-hydrogen) atoms. The first kappa shape index (κ1) is 35.3. The summed E-state index contributed by atoms with van der Waals surface area (Å²) in [5.41, 5.74) is 6.34. The molecule has 1 saturated carbocycles. The number of fused-ring (bicyclic) bond motifs is 8. The molecule has 4 aliphatic rings. The van der Waals surface area contributed by atoms with Crippen molar-refractivity contribution in [2.24, 2.45) is 5.41 Å². The molecule has 8 rings (SSSR count). The fraction of sp³-hybridized carbons (Fsp3) is 0.400. The summed E-state index contributed by atoms with van der Waals surface area (Å²) in [6.45, 7) is 8.26. The number of piperazine rings is 1. The van der Waals surface area contributed by atoms with Crippen molar-refractivity contribution < 1.29 is 19.4 Å². The number of carbonyl (C=O) groups is 1. The van der Waals surface area contributed by atoms with Crippen molar-refractivity contribution in [3.8, 4) is 11.1 Å². The van der Waals surface area contributed by atoms with Gasteiger partial charge in [0, 0.05) is 55.0 Å². The van der Waals surface area contributed by atoms with Crippen LogP contribution in [-0.4, -0.2) is 65.3 Å². The standard InChI is InChI=1S/C45H51FN2O3/c1-32-7-6-23-44(2)42(22-24-45(44,51)31-47-25-27-48(28-26-47)38-18-16-37(46)17-19-38)40-21-11-33(29-39(49)20-10-32)30-41(40)43(50)36-14-12-35(13-15-36)34-8-4-3-5-9-34/h3-5,7-9,11-19,21,30,39,42,49,51H,6,10,20,22-29,31H2,1-2H3/t39-,42-,44-,45+/m0/s1. The number of aliphatic hydroxyl groups excluding tert-OH is 1. The monoisotopic (exact) mass is 686 g/mol. The van der Waals surface area contributed by atoms with E-state index in [1.54, 1.807) is 0 Å². The number of rotatable bonds is 6. The maximum absolute atomic E-state index is 14.5. The van der Waals surface area contributed by atoms with Crippen LogP contribution in [0.4, 0.5) is 10.1 Å². The van der Waals surface area contributed by atoms with E-state index in [1.165, 1.54) is 17.7 Å². The highest BCUT2D eigenvalue weighted by Gasteiger charge is 2.57. The Balaban J connectivity index is 1.20. The second-order valence-electron chi connectivity index (χ2n) is 15.5. The van der Waals surface area contributed by atoms with Gasteiger partial charge in [0.05, 0.1) is 11.7 Å². The van der Waals surface area contributed by atoms with Crippen LogP contribution in [0.5, 0.6) is 0 Å². The largest absolute Gasteiger partial charge is 0.393 e. The van der Waals surface area contributed by atoms with Crippen LogP contribution in [-0.2, 0) is 6.42 Å². The molecule has 4 aromatic carbocycles. The van der Waals surface area contributed by atoms with E-state index in [4.69, 9.17) is 0 Å². The Bertz CT molecular complexity index is 1850. The smallest absolute Gasteiger partial charge is 0.193 e. The van der Waals surface area contributed by atoms with Crippen molar-refractivity contribution in [2.75, 3.05) is 37.6 Å². The van der Waals surface area contributed by atoms with E-state index in [2.05, 4.69) is 54.0 Å². The lowest BCUT2D eigenvalue weighted by Crippen LogP contribution is -2.56. The molecule has 266 valence electrons. The third-order valence-corrected chi connectivity index (χ3v) is 12.2. The maximum atomic E-state index is 14.5. The van der Waals surface area contributed by atoms with E-state index < -0.39 is 17.1 Å². The van der Waals surface area contributed by atoms with Crippen LogP contribution in [0.2, 0.25) is 0 Å². The van der Waals surface area contributed by atoms with Gasteiger partial charge in [0.2, 0.25) is 0 Å². The predicted octanol–water partition coefficient (Wildman–Crippen LogP) is 8.58. The van der Waals surface area contributed by atoms with Crippen LogP contribution < -0.4 is 4.90 Å². The molecule has 0 radical (unpaired) electrons. The van der Waals surface area contributed by atoms with Crippen molar-refractivity contribution in [3.63, 3.8) is 0 Å². The summed E-state index contributed by atoms with van der Waals surface area (Å²) >= 11 is 0. The lowest BCUT2D eigenvalue weighted by molar-refractivity contribution is -0.0841. The Morgan fingerprint density at radius 1 is 0.863 bits per heavy atom. The van der Waals surface area contributed by atoms with Gasteiger partial charge in [-0.3, -0.25) is 9.69 Å². The Hall–Kier alpha value is -4.10. The minimum Gasteiger partial charge on any atom is -0.393 e. The van der Waals surface area contributed by atoms with E-state index in [0.29, 0.717) is 36.9 Å². The Morgan fingerprint density at radius 2 is 1.57 bits per heavy atom. The number of benzene rings is 4. The number of nitrogens with zero attached hydrogens (tertiary/aromatic N) is 2. The first-order valence-electron chi connectivity index (χ1n) is 18.7. The molecule has 0 aromatic heterocycles. The normalized spacial score (nSPS) is 26.0. The van der Waals surface area contributed by atoms with Crippen molar-refractivity contribution in [3.05, 3.63) is 137 Å². The second kappa shape index (κ2) is 14.9. The summed E-state index contributed by atoms with van der Waals surface area (Å²) < 4.78 is 13.6. The van der Waals surface area contributed by atoms with Gasteiger partial charge in [0.25, 0.3) is 0 Å². The fourth-order valence-corrected chi connectivity index (χ4v) is 8.98. The van der Waals surface area contributed by atoms with Crippen molar-refractivity contribution in [2.45, 2.75) is 76.4 Å². The number of allylic oxidation sites excluding steroid dienone is 2. The van der Waals surface area contributed by atoms with E-state index >= 15 is 0 Å². The average Bonchev–Trinajstić information content (AvgIpc) is 3.40. The molecule has 1 heterocycles. The van der Waals surface area contributed by atoms with Gasteiger partial charge < -0.3 is 15.1 Å². The van der Waals surface area contributed by atoms with Gasteiger partial charge in [-0.15, -0.1) is 0 Å². The maximum Gasteiger partial charge on any atom is 0.193 e. The Kier molecular flexibility index (Phi) is 10.3. The molecule has 3 aliphatic carbocycles. The molecule has 1 aliphatic heterocycles. The molecule has 2 bridgehead atoms. The van der Waals surface area contributed by atoms with Gasteiger partial charge in [0.15, 0.2) is 5.78 Å². The van der Waals surface area contributed by atoms with E-state index in [9.17, 15) is 19.4 Å². The molecule has 0 amide bonds. The van der Waals surface area contributed by atoms with E-state index in [1.807, 2.05) is 60.7 Å². The lowest BCUT2D eigenvalue weighted by Gasteiger charge is -2.47. The highest BCUT2D eigenvalue weighted by molar-refractivity contribution is 6.10. The minimum atomic E-state index is -0.943. The van der Waals surface area contributed by atoms with Crippen LogP contribution in [0, 0.1) is 11.2 Å². The molecule has 6 heteroatoms. The molecule has 5 nitrogen and oxygen atoms in total. The quantitative estimate of drug-likeness (QED) is 0.157. The number of carbonyl (C=O) groups excluding carboxylic acids is 1. The van der Waals surface area contributed by atoms with Crippen LogP contribution in [0.1, 0.15) is 85.3 Å². The third-order valence-electron chi connectivity index (χ3n) is 12.2. The molecule has 1 saturated heterocycles. The van der Waals surface area contributed by atoms with E-state index in [0.717, 1.165) is 79.8 Å². The van der Waals surface area contributed by atoms with Crippen molar-refractivity contribution >= 4 is 11.5 Å². The average molecular weight is 687 g/mol. The zero-order valence-electron chi connectivity index (χ0n) is 30.0. The Labute approximate surface area is 302 Å². The van der Waals surface area contributed by atoms with Crippen molar-refractivity contribution in [1.82, 2.24) is 4.90 Å². The van der Waals surface area contributed by atoms with Crippen LogP contribution >= 0.6 is 0 Å². The molecule has 4 atom stereocenters. The summed E-state index contributed by atoms with van der Waals surface area (Å²) in [6.07, 6.45) is 6.88. The highest BCUT2D eigenvalue weighted by Crippen LogP contribution is 2.59. The van der Waals surface area contributed by atoms with Gasteiger partial charge in [-0.25, -0.2) is 4.39 Å². The zero-order chi connectivity index (χ0) is 35.6. The number of hydrogen-bond acceptors (Lipinski definition) is 5. The van der Waals surface area contributed by atoms with Gasteiger partial charge >= 0.3 is 0 Å². The number of halogens is 1. The number of aliphatic hydroxyl groups is 2. The Morgan fingerprint density at radius 3 is 2.29 bits per heavy atom. The van der Waals surface area contributed by atoms with Crippen LogP contribution in [0.15, 0.2) is 109 Å². The molecule has 2 fully saturated rings. The molecule has 0 unspecified atom stereocenters. The fourth-order valence-electron chi connectivity index (χ4n) is 8.98. The third kappa shape index (κ3) is 7.46. The van der Waals surface area contributed by atoms with Gasteiger partial charge in [-0.05, 0) is 110 Å². The predicted molar refractivity (Wildman–Crippen MR) is 204 cm³/mol. The van der Waals surface area contributed by atoms with Crippen LogP contribution in [0.25, 0.3) is 11.1 Å². The van der Waals surface area contributed by atoms with E-state index in [-0.39, 0.29) is 17.5 Å². The lowest BCUT2D eigenvalue weighted by atomic mass is 9.64. The molecular weight excluding hydrogens is 636 g/mol. The number of β-amino-alcohol motifs (C(OH)–C–C–N with tert-alkyl or cyclic N) is 1. The molecule has 2 N–H and O–H groups in total. The summed E-state index contributed by atoms with van der Waals surface area (Å²) in [7, 11) is 0. The molecule has 0 spiro atoms. The SMILES string of the molecule is CC1=CCC[C@@]2(C)[C@@H](CC[C@@]2(O)CN2CCN(c3ccc(F)cc3)CC2)c2ccc(cc2C(=O)c2ccc(-c3ccccc3)cc2)C[C@@H](O)CC1. The van der Waals surface area contributed by atoms with Gasteiger partial charge in [-0.2, -0.15) is 0 Å².